The highest BCUT2D eigenvalue weighted by Crippen LogP contribution is 2.33. The second kappa shape index (κ2) is 4.31. The van der Waals surface area contributed by atoms with Crippen molar-refractivity contribution in [3.63, 3.8) is 0 Å². The summed E-state index contributed by atoms with van der Waals surface area (Å²) < 4.78 is 35.8. The predicted octanol–water partition coefficient (Wildman–Crippen LogP) is 2.67. The molecule has 0 saturated carbocycles. The van der Waals surface area contributed by atoms with E-state index in [2.05, 4.69) is 19.2 Å². The topological polar surface area (TPSA) is 12.0 Å². The number of nitrogens with one attached hydrogen (secondary N) is 1. The normalized spacial score (nSPS) is 27.6. The van der Waals surface area contributed by atoms with Crippen molar-refractivity contribution in [1.82, 2.24) is 5.32 Å². The van der Waals surface area contributed by atoms with Gasteiger partial charge in [-0.2, -0.15) is 24.9 Å². The van der Waals surface area contributed by atoms with E-state index in [1.807, 2.05) is 0 Å². The summed E-state index contributed by atoms with van der Waals surface area (Å²) in [5.74, 6) is 1.83. The summed E-state index contributed by atoms with van der Waals surface area (Å²) in [7, 11) is 0. The lowest BCUT2D eigenvalue weighted by Gasteiger charge is -2.35. The first-order valence-corrected chi connectivity index (χ1v) is 5.82. The molecule has 1 rings (SSSR count). The summed E-state index contributed by atoms with van der Waals surface area (Å²) in [6, 6.07) is 0.00498. The lowest BCUT2D eigenvalue weighted by atomic mass is 9.88. The Kier molecular flexibility index (Phi) is 3.75. The lowest BCUT2D eigenvalue weighted by Crippen LogP contribution is -2.44. The molecular formula is C9H16F3NS. The van der Waals surface area contributed by atoms with E-state index in [1.165, 1.54) is 0 Å². The summed E-state index contributed by atoms with van der Waals surface area (Å²) >= 11 is 1.73. The standard InChI is InChI=1S/C9H16F3NS/c1-8(2)3-7(4-14-6-8)13-5-9(10,11)12/h7,13H,3-6H2,1-2H3. The Labute approximate surface area is 86.8 Å². The zero-order valence-corrected chi connectivity index (χ0v) is 9.26. The van der Waals surface area contributed by atoms with E-state index in [4.69, 9.17) is 0 Å². The van der Waals surface area contributed by atoms with Crippen molar-refractivity contribution in [2.24, 2.45) is 5.41 Å². The SMILES string of the molecule is CC1(C)CSCC(NCC(F)(F)F)C1. The van der Waals surface area contributed by atoms with E-state index >= 15 is 0 Å². The molecule has 1 atom stereocenters. The number of alkyl halides is 3. The Bertz CT molecular complexity index is 191. The second-order valence-electron chi connectivity index (χ2n) is 4.58. The van der Waals surface area contributed by atoms with Gasteiger partial charge in [-0.05, 0) is 17.6 Å². The van der Waals surface area contributed by atoms with Gasteiger partial charge in [0.15, 0.2) is 0 Å². The van der Waals surface area contributed by atoms with Gasteiger partial charge in [0.25, 0.3) is 0 Å². The number of rotatable bonds is 2. The molecule has 14 heavy (non-hydrogen) atoms. The van der Waals surface area contributed by atoms with Gasteiger partial charge < -0.3 is 5.32 Å². The Morgan fingerprint density at radius 1 is 1.43 bits per heavy atom. The molecule has 1 aliphatic rings. The molecule has 0 aliphatic carbocycles. The highest BCUT2D eigenvalue weighted by Gasteiger charge is 2.32. The van der Waals surface area contributed by atoms with E-state index in [-0.39, 0.29) is 11.5 Å². The molecule has 1 unspecified atom stereocenters. The summed E-state index contributed by atoms with van der Waals surface area (Å²) in [6.07, 6.45) is -3.26. The average molecular weight is 227 g/mol. The third-order valence-corrected chi connectivity index (χ3v) is 3.83. The molecule has 1 nitrogen and oxygen atoms in total. The van der Waals surface area contributed by atoms with Crippen molar-refractivity contribution in [2.45, 2.75) is 32.5 Å². The van der Waals surface area contributed by atoms with Crippen molar-refractivity contribution in [3.05, 3.63) is 0 Å². The van der Waals surface area contributed by atoms with Crippen molar-refractivity contribution in [3.8, 4) is 0 Å². The molecule has 5 heteroatoms. The van der Waals surface area contributed by atoms with Gasteiger partial charge in [-0.15, -0.1) is 0 Å². The first-order valence-electron chi connectivity index (χ1n) is 4.66. The van der Waals surface area contributed by atoms with Gasteiger partial charge in [0, 0.05) is 11.8 Å². The minimum absolute atomic E-state index is 0.00498. The molecule has 84 valence electrons. The fourth-order valence-corrected chi connectivity index (χ4v) is 2.96. The zero-order chi connectivity index (χ0) is 10.8. The maximum atomic E-state index is 11.9. The first kappa shape index (κ1) is 12.2. The summed E-state index contributed by atoms with van der Waals surface area (Å²) in [6.45, 7) is 3.33. The molecular weight excluding hydrogens is 211 g/mol. The van der Waals surface area contributed by atoms with Gasteiger partial charge in [-0.25, -0.2) is 0 Å². The fourth-order valence-electron chi connectivity index (χ4n) is 1.65. The Hall–Kier alpha value is 0.100. The van der Waals surface area contributed by atoms with Gasteiger partial charge in [0.05, 0.1) is 6.54 Å². The molecule has 0 aromatic carbocycles. The van der Waals surface area contributed by atoms with Crippen LogP contribution in [0.4, 0.5) is 13.2 Å². The van der Waals surface area contributed by atoms with E-state index in [0.29, 0.717) is 0 Å². The van der Waals surface area contributed by atoms with Crippen LogP contribution < -0.4 is 5.32 Å². The molecule has 1 saturated heterocycles. The molecule has 0 amide bonds. The number of hydrogen-bond donors (Lipinski definition) is 1. The van der Waals surface area contributed by atoms with Crippen LogP contribution >= 0.6 is 11.8 Å². The Balaban J connectivity index is 2.32. The average Bonchev–Trinajstić information content (AvgIpc) is 1.98. The minimum atomic E-state index is -4.09. The maximum Gasteiger partial charge on any atom is 0.401 e. The monoisotopic (exact) mass is 227 g/mol. The first-order chi connectivity index (χ1) is 6.29. The van der Waals surface area contributed by atoms with Crippen molar-refractivity contribution in [1.29, 1.82) is 0 Å². The van der Waals surface area contributed by atoms with Crippen molar-refractivity contribution >= 4 is 11.8 Å². The number of hydrogen-bond acceptors (Lipinski definition) is 2. The molecule has 0 bridgehead atoms. The molecule has 1 N–H and O–H groups in total. The molecule has 1 aliphatic heterocycles. The molecule has 0 spiro atoms. The highest BCUT2D eigenvalue weighted by atomic mass is 32.2. The van der Waals surface area contributed by atoms with Crippen LogP contribution in [0.5, 0.6) is 0 Å². The van der Waals surface area contributed by atoms with E-state index < -0.39 is 12.7 Å². The molecule has 0 radical (unpaired) electrons. The highest BCUT2D eigenvalue weighted by molar-refractivity contribution is 7.99. The van der Waals surface area contributed by atoms with E-state index in [1.54, 1.807) is 11.8 Å². The third kappa shape index (κ3) is 4.55. The van der Waals surface area contributed by atoms with E-state index in [0.717, 1.165) is 17.9 Å². The smallest absolute Gasteiger partial charge is 0.305 e. The maximum absolute atomic E-state index is 11.9. The van der Waals surface area contributed by atoms with Crippen LogP contribution in [-0.4, -0.2) is 30.3 Å². The fraction of sp³-hybridized carbons (Fsp3) is 1.00. The minimum Gasteiger partial charge on any atom is -0.305 e. The quantitative estimate of drug-likeness (QED) is 0.778. The summed E-state index contributed by atoms with van der Waals surface area (Å²) in [5.41, 5.74) is 0.159. The van der Waals surface area contributed by atoms with Gasteiger partial charge in [0.1, 0.15) is 0 Å². The Morgan fingerprint density at radius 3 is 2.57 bits per heavy atom. The van der Waals surface area contributed by atoms with Crippen LogP contribution in [-0.2, 0) is 0 Å². The zero-order valence-electron chi connectivity index (χ0n) is 8.45. The predicted molar refractivity (Wildman–Crippen MR) is 53.6 cm³/mol. The van der Waals surface area contributed by atoms with Gasteiger partial charge in [0.2, 0.25) is 0 Å². The summed E-state index contributed by atoms with van der Waals surface area (Å²) in [5, 5.41) is 2.57. The van der Waals surface area contributed by atoms with E-state index in [9.17, 15) is 13.2 Å². The molecule has 1 heterocycles. The van der Waals surface area contributed by atoms with Crippen LogP contribution in [0, 0.1) is 5.41 Å². The van der Waals surface area contributed by atoms with Crippen molar-refractivity contribution in [2.75, 3.05) is 18.1 Å². The molecule has 0 aromatic rings. The van der Waals surface area contributed by atoms with Gasteiger partial charge in [-0.1, -0.05) is 13.8 Å². The number of halogens is 3. The third-order valence-electron chi connectivity index (χ3n) is 2.20. The Morgan fingerprint density at radius 2 is 2.07 bits per heavy atom. The van der Waals surface area contributed by atoms with Crippen LogP contribution in [0.15, 0.2) is 0 Å². The number of thioether (sulfide) groups is 1. The van der Waals surface area contributed by atoms with Crippen LogP contribution in [0.2, 0.25) is 0 Å². The molecule has 0 aromatic heterocycles. The van der Waals surface area contributed by atoms with Gasteiger partial charge in [-0.3, -0.25) is 0 Å². The van der Waals surface area contributed by atoms with Crippen molar-refractivity contribution < 1.29 is 13.2 Å². The van der Waals surface area contributed by atoms with Crippen LogP contribution in [0.1, 0.15) is 20.3 Å². The van der Waals surface area contributed by atoms with Crippen LogP contribution in [0.25, 0.3) is 0 Å². The molecule has 1 fully saturated rings. The summed E-state index contributed by atoms with van der Waals surface area (Å²) in [4.78, 5) is 0. The lowest BCUT2D eigenvalue weighted by molar-refractivity contribution is -0.126. The van der Waals surface area contributed by atoms with Gasteiger partial charge >= 0.3 is 6.18 Å². The largest absolute Gasteiger partial charge is 0.401 e. The second-order valence-corrected chi connectivity index (χ2v) is 5.61. The van der Waals surface area contributed by atoms with Crippen LogP contribution in [0.3, 0.4) is 0 Å².